The lowest BCUT2D eigenvalue weighted by molar-refractivity contribution is 0.0546. The van der Waals surface area contributed by atoms with Crippen LogP contribution in [0.3, 0.4) is 0 Å². The van der Waals surface area contributed by atoms with Crippen LogP contribution in [0.1, 0.15) is 28.9 Å². The van der Waals surface area contributed by atoms with E-state index in [4.69, 9.17) is 5.73 Å². The summed E-state index contributed by atoms with van der Waals surface area (Å²) < 4.78 is 0. The summed E-state index contributed by atoms with van der Waals surface area (Å²) in [5, 5.41) is 9.40. The van der Waals surface area contributed by atoms with Gasteiger partial charge < -0.3 is 15.7 Å². The molecule has 0 aliphatic carbocycles. The summed E-state index contributed by atoms with van der Waals surface area (Å²) in [7, 11) is 0. The molecule has 0 spiro atoms. The van der Waals surface area contributed by atoms with Crippen LogP contribution in [0.5, 0.6) is 0 Å². The number of rotatable bonds is 2. The Hall–Kier alpha value is -1.46. The lowest BCUT2D eigenvalue weighted by Gasteiger charge is -2.29. The second-order valence-corrected chi connectivity index (χ2v) is 4.26. The molecule has 5 heteroatoms. The number of amides is 1. The van der Waals surface area contributed by atoms with E-state index in [0.29, 0.717) is 43.7 Å². The van der Waals surface area contributed by atoms with Gasteiger partial charge in [0.25, 0.3) is 5.91 Å². The van der Waals surface area contributed by atoms with Crippen molar-refractivity contribution in [1.29, 1.82) is 0 Å². The van der Waals surface area contributed by atoms with E-state index >= 15 is 0 Å². The number of carbonyl (C=O) groups is 1. The summed E-state index contributed by atoms with van der Waals surface area (Å²) in [6.45, 7) is 1.56. The maximum absolute atomic E-state index is 12.2. The summed E-state index contributed by atoms with van der Waals surface area (Å²) in [6.07, 6.45) is 2.64. The van der Waals surface area contributed by atoms with Gasteiger partial charge in [-0.05, 0) is 25.0 Å². The summed E-state index contributed by atoms with van der Waals surface area (Å²) in [6, 6.07) is 3.43. The fourth-order valence-corrected chi connectivity index (χ4v) is 1.97. The minimum absolute atomic E-state index is 0.00556. The molecule has 2 rings (SSSR count). The van der Waals surface area contributed by atoms with Crippen LogP contribution in [0.4, 0.5) is 0 Å². The second-order valence-electron chi connectivity index (χ2n) is 4.26. The van der Waals surface area contributed by atoms with E-state index in [1.165, 1.54) is 0 Å². The smallest absolute Gasteiger partial charge is 0.253 e. The standard InChI is InChI=1S/C12H17N3O2/c13-8-10-7-9(1-4-14-10)12(17)15-5-2-11(16)3-6-15/h1,4,7,11,16H,2-3,5-6,8,13H2. The number of likely N-dealkylation sites (tertiary alicyclic amines) is 1. The maximum atomic E-state index is 12.2. The number of hydrogen-bond donors (Lipinski definition) is 2. The molecule has 1 fully saturated rings. The Balaban J connectivity index is 2.08. The number of aliphatic hydroxyl groups excluding tert-OH is 1. The molecule has 92 valence electrons. The maximum Gasteiger partial charge on any atom is 0.253 e. The highest BCUT2D eigenvalue weighted by Gasteiger charge is 2.22. The van der Waals surface area contributed by atoms with Gasteiger partial charge in [0.15, 0.2) is 0 Å². The van der Waals surface area contributed by atoms with E-state index in [1.54, 1.807) is 23.2 Å². The predicted octanol–water partition coefficient (Wildman–Crippen LogP) is 0.137. The quantitative estimate of drug-likeness (QED) is 0.764. The van der Waals surface area contributed by atoms with Crippen molar-refractivity contribution >= 4 is 5.91 Å². The largest absolute Gasteiger partial charge is 0.393 e. The van der Waals surface area contributed by atoms with Gasteiger partial charge in [0, 0.05) is 31.4 Å². The first kappa shape index (κ1) is 12.0. The summed E-state index contributed by atoms with van der Waals surface area (Å²) >= 11 is 0. The fourth-order valence-electron chi connectivity index (χ4n) is 1.97. The normalized spacial score (nSPS) is 17.2. The lowest BCUT2D eigenvalue weighted by Crippen LogP contribution is -2.40. The highest BCUT2D eigenvalue weighted by Crippen LogP contribution is 2.14. The predicted molar refractivity (Wildman–Crippen MR) is 63.3 cm³/mol. The topological polar surface area (TPSA) is 79.5 Å². The van der Waals surface area contributed by atoms with Gasteiger partial charge in [0.05, 0.1) is 11.8 Å². The van der Waals surface area contributed by atoms with Crippen molar-refractivity contribution in [3.8, 4) is 0 Å². The van der Waals surface area contributed by atoms with E-state index in [0.717, 1.165) is 0 Å². The Kier molecular flexibility index (Phi) is 3.71. The molecule has 0 saturated carbocycles. The molecular formula is C12H17N3O2. The van der Waals surface area contributed by atoms with Crippen molar-refractivity contribution in [2.75, 3.05) is 13.1 Å². The summed E-state index contributed by atoms with van der Waals surface area (Å²) in [4.78, 5) is 18.0. The van der Waals surface area contributed by atoms with Crippen molar-refractivity contribution in [2.24, 2.45) is 5.73 Å². The van der Waals surface area contributed by atoms with Gasteiger partial charge in [0.1, 0.15) is 0 Å². The summed E-state index contributed by atoms with van der Waals surface area (Å²) in [5.74, 6) is -0.00556. The van der Waals surface area contributed by atoms with Crippen molar-refractivity contribution < 1.29 is 9.90 Å². The number of aliphatic hydroxyl groups is 1. The first-order chi connectivity index (χ1) is 8.20. The third kappa shape index (κ3) is 2.81. The van der Waals surface area contributed by atoms with Gasteiger partial charge in [0.2, 0.25) is 0 Å². The number of pyridine rings is 1. The van der Waals surface area contributed by atoms with Crippen LogP contribution in [0.25, 0.3) is 0 Å². The molecule has 0 aromatic carbocycles. The molecule has 1 aromatic heterocycles. The monoisotopic (exact) mass is 235 g/mol. The van der Waals surface area contributed by atoms with E-state index in [1.807, 2.05) is 0 Å². The average molecular weight is 235 g/mol. The van der Waals surface area contributed by atoms with Gasteiger partial charge in [-0.15, -0.1) is 0 Å². The third-order valence-electron chi connectivity index (χ3n) is 3.02. The van der Waals surface area contributed by atoms with Crippen molar-refractivity contribution in [2.45, 2.75) is 25.5 Å². The zero-order chi connectivity index (χ0) is 12.3. The van der Waals surface area contributed by atoms with Crippen LogP contribution in [0.2, 0.25) is 0 Å². The van der Waals surface area contributed by atoms with Crippen molar-refractivity contribution in [3.05, 3.63) is 29.6 Å². The first-order valence-electron chi connectivity index (χ1n) is 5.83. The molecular weight excluding hydrogens is 218 g/mol. The Morgan fingerprint density at radius 1 is 1.53 bits per heavy atom. The molecule has 1 aromatic rings. The Morgan fingerprint density at radius 2 is 2.24 bits per heavy atom. The molecule has 1 saturated heterocycles. The third-order valence-corrected chi connectivity index (χ3v) is 3.02. The zero-order valence-electron chi connectivity index (χ0n) is 9.67. The van der Waals surface area contributed by atoms with Crippen molar-refractivity contribution in [3.63, 3.8) is 0 Å². The number of nitrogens with zero attached hydrogens (tertiary/aromatic N) is 2. The van der Waals surface area contributed by atoms with Gasteiger partial charge in [-0.2, -0.15) is 0 Å². The molecule has 2 heterocycles. The van der Waals surface area contributed by atoms with E-state index < -0.39 is 0 Å². The number of piperidine rings is 1. The van der Waals surface area contributed by atoms with Gasteiger partial charge in [-0.25, -0.2) is 0 Å². The molecule has 1 aliphatic rings. The van der Waals surface area contributed by atoms with E-state index in [9.17, 15) is 9.90 Å². The molecule has 3 N–H and O–H groups in total. The lowest BCUT2D eigenvalue weighted by atomic mass is 10.1. The molecule has 1 amide bonds. The Morgan fingerprint density at radius 3 is 2.88 bits per heavy atom. The van der Waals surface area contributed by atoms with Gasteiger partial charge in [-0.1, -0.05) is 0 Å². The van der Waals surface area contributed by atoms with Crippen LogP contribution in [0.15, 0.2) is 18.3 Å². The average Bonchev–Trinajstić information content (AvgIpc) is 2.39. The van der Waals surface area contributed by atoms with Gasteiger partial charge >= 0.3 is 0 Å². The van der Waals surface area contributed by atoms with Gasteiger partial charge in [-0.3, -0.25) is 9.78 Å². The van der Waals surface area contributed by atoms with Crippen LogP contribution < -0.4 is 5.73 Å². The molecule has 0 radical (unpaired) electrons. The van der Waals surface area contributed by atoms with Crippen LogP contribution >= 0.6 is 0 Å². The van der Waals surface area contributed by atoms with Crippen LogP contribution in [0, 0.1) is 0 Å². The molecule has 0 bridgehead atoms. The first-order valence-corrected chi connectivity index (χ1v) is 5.83. The number of aromatic nitrogens is 1. The van der Waals surface area contributed by atoms with Crippen LogP contribution in [-0.2, 0) is 6.54 Å². The SMILES string of the molecule is NCc1cc(C(=O)N2CCC(O)CC2)ccn1. The number of nitrogens with two attached hydrogens (primary N) is 1. The molecule has 1 aliphatic heterocycles. The van der Waals surface area contributed by atoms with E-state index in [-0.39, 0.29) is 12.0 Å². The minimum atomic E-state index is -0.268. The van der Waals surface area contributed by atoms with Crippen LogP contribution in [-0.4, -0.2) is 40.1 Å². The molecule has 17 heavy (non-hydrogen) atoms. The summed E-state index contributed by atoms with van der Waals surface area (Å²) in [5.41, 5.74) is 6.83. The Bertz CT molecular complexity index is 400. The molecule has 0 atom stereocenters. The van der Waals surface area contributed by atoms with Crippen molar-refractivity contribution in [1.82, 2.24) is 9.88 Å². The Labute approximate surface area is 100 Å². The fraction of sp³-hybridized carbons (Fsp3) is 0.500. The number of carbonyl (C=O) groups excluding carboxylic acids is 1. The minimum Gasteiger partial charge on any atom is -0.393 e. The van der Waals surface area contributed by atoms with E-state index in [2.05, 4.69) is 4.98 Å². The highest BCUT2D eigenvalue weighted by atomic mass is 16.3. The molecule has 0 unspecified atom stereocenters. The highest BCUT2D eigenvalue weighted by molar-refractivity contribution is 5.94. The zero-order valence-corrected chi connectivity index (χ0v) is 9.67. The second kappa shape index (κ2) is 5.25. The molecule has 5 nitrogen and oxygen atoms in total. The number of hydrogen-bond acceptors (Lipinski definition) is 4.